The maximum atomic E-state index is 12.7. The predicted molar refractivity (Wildman–Crippen MR) is 120 cm³/mol. The van der Waals surface area contributed by atoms with Gasteiger partial charge in [0.2, 0.25) is 0 Å². The third kappa shape index (κ3) is 4.44. The fourth-order valence-electron chi connectivity index (χ4n) is 3.52. The van der Waals surface area contributed by atoms with E-state index in [1.807, 2.05) is 6.92 Å². The van der Waals surface area contributed by atoms with E-state index in [0.717, 1.165) is 10.4 Å². The van der Waals surface area contributed by atoms with Gasteiger partial charge in [0, 0.05) is 4.88 Å². The van der Waals surface area contributed by atoms with Crippen LogP contribution in [-0.2, 0) is 14.3 Å². The SMILES string of the molecule is CCOC(=O)c1c(NC(=O)COCC(C)(C)N2C(=O)c3ccccc3C2=O)sc(C)c1C. The Kier molecular flexibility index (Phi) is 6.80. The Labute approximate surface area is 190 Å². The molecule has 0 saturated heterocycles. The van der Waals surface area contributed by atoms with Crippen LogP contribution >= 0.6 is 11.3 Å². The second-order valence-electron chi connectivity index (χ2n) is 8.05. The smallest absolute Gasteiger partial charge is 0.341 e. The molecule has 0 atom stereocenters. The Bertz CT molecular complexity index is 1050. The maximum Gasteiger partial charge on any atom is 0.341 e. The molecular weight excluding hydrogens is 432 g/mol. The largest absolute Gasteiger partial charge is 0.462 e. The number of aryl methyl sites for hydroxylation is 1. The van der Waals surface area contributed by atoms with Crippen LogP contribution in [0, 0.1) is 13.8 Å². The minimum absolute atomic E-state index is 0.0287. The molecule has 170 valence electrons. The Morgan fingerprint density at radius 3 is 2.25 bits per heavy atom. The number of esters is 1. The number of fused-ring (bicyclic) bond motifs is 1. The van der Waals surface area contributed by atoms with Crippen LogP contribution in [0.2, 0.25) is 0 Å². The monoisotopic (exact) mass is 458 g/mol. The third-order valence-corrected chi connectivity index (χ3v) is 6.33. The fraction of sp³-hybridized carbons (Fsp3) is 0.391. The molecule has 0 spiro atoms. The summed E-state index contributed by atoms with van der Waals surface area (Å²) in [5.41, 5.74) is 0.863. The summed E-state index contributed by atoms with van der Waals surface area (Å²) < 4.78 is 10.6. The summed E-state index contributed by atoms with van der Waals surface area (Å²) >= 11 is 1.29. The number of ether oxygens (including phenoxy) is 2. The number of nitrogens with zero attached hydrogens (tertiary/aromatic N) is 1. The standard InChI is InChI=1S/C23H26N2O6S/c1-6-31-22(29)18-13(2)14(3)32-19(18)24-17(26)11-30-12-23(4,5)25-20(27)15-9-7-8-10-16(15)21(25)28/h7-10H,6,11-12H2,1-5H3,(H,24,26). The molecule has 2 heterocycles. The van der Waals surface area contributed by atoms with E-state index in [1.54, 1.807) is 52.0 Å². The van der Waals surface area contributed by atoms with Crippen LogP contribution in [0.5, 0.6) is 0 Å². The zero-order valence-electron chi connectivity index (χ0n) is 18.7. The minimum Gasteiger partial charge on any atom is -0.462 e. The van der Waals surface area contributed by atoms with Gasteiger partial charge in [-0.25, -0.2) is 4.79 Å². The molecule has 0 bridgehead atoms. The van der Waals surface area contributed by atoms with Crippen molar-refractivity contribution in [3.05, 3.63) is 51.4 Å². The molecule has 1 aromatic carbocycles. The lowest BCUT2D eigenvalue weighted by Crippen LogP contribution is -2.50. The molecule has 3 rings (SSSR count). The molecule has 1 aliphatic heterocycles. The number of carbonyl (C=O) groups excluding carboxylic acids is 4. The minimum atomic E-state index is -0.959. The molecule has 9 heteroatoms. The summed E-state index contributed by atoms with van der Waals surface area (Å²) in [5, 5.41) is 3.11. The summed E-state index contributed by atoms with van der Waals surface area (Å²) in [6, 6.07) is 6.65. The van der Waals surface area contributed by atoms with Crippen molar-refractivity contribution in [1.82, 2.24) is 4.90 Å². The zero-order valence-corrected chi connectivity index (χ0v) is 19.6. The number of imide groups is 1. The summed E-state index contributed by atoms with van der Waals surface area (Å²) in [6.45, 7) is 8.69. The maximum absolute atomic E-state index is 12.7. The molecule has 0 aliphatic carbocycles. The molecule has 0 fully saturated rings. The Morgan fingerprint density at radius 2 is 1.69 bits per heavy atom. The molecule has 2 aromatic rings. The van der Waals surface area contributed by atoms with Gasteiger partial charge in [-0.05, 0) is 52.3 Å². The summed E-state index contributed by atoms with van der Waals surface area (Å²) in [6.07, 6.45) is 0. The second kappa shape index (κ2) is 9.22. The average Bonchev–Trinajstić information content (AvgIpc) is 3.15. The number of benzene rings is 1. The van der Waals surface area contributed by atoms with Crippen LogP contribution in [0.15, 0.2) is 24.3 Å². The van der Waals surface area contributed by atoms with Crippen molar-refractivity contribution in [2.24, 2.45) is 0 Å². The van der Waals surface area contributed by atoms with Gasteiger partial charge in [-0.2, -0.15) is 0 Å². The van der Waals surface area contributed by atoms with E-state index in [-0.39, 0.29) is 31.6 Å². The number of rotatable bonds is 8. The topological polar surface area (TPSA) is 102 Å². The van der Waals surface area contributed by atoms with E-state index < -0.39 is 17.4 Å². The van der Waals surface area contributed by atoms with Crippen molar-refractivity contribution in [1.29, 1.82) is 0 Å². The van der Waals surface area contributed by atoms with Crippen LogP contribution in [0.4, 0.5) is 5.00 Å². The van der Waals surface area contributed by atoms with Gasteiger partial charge in [-0.1, -0.05) is 12.1 Å². The molecule has 0 unspecified atom stereocenters. The first-order valence-corrected chi connectivity index (χ1v) is 11.0. The molecule has 3 amide bonds. The van der Waals surface area contributed by atoms with Gasteiger partial charge in [0.25, 0.3) is 17.7 Å². The van der Waals surface area contributed by atoms with Gasteiger partial charge >= 0.3 is 5.97 Å². The highest BCUT2D eigenvalue weighted by atomic mass is 32.1. The van der Waals surface area contributed by atoms with Crippen molar-refractivity contribution < 1.29 is 28.7 Å². The molecular formula is C23H26N2O6S. The number of nitrogens with one attached hydrogen (secondary N) is 1. The molecule has 1 aliphatic rings. The lowest BCUT2D eigenvalue weighted by Gasteiger charge is -2.33. The lowest BCUT2D eigenvalue weighted by atomic mass is 10.0. The average molecular weight is 459 g/mol. The first-order chi connectivity index (χ1) is 15.1. The van der Waals surface area contributed by atoms with Crippen LogP contribution in [0.25, 0.3) is 0 Å². The van der Waals surface area contributed by atoms with E-state index in [9.17, 15) is 19.2 Å². The van der Waals surface area contributed by atoms with Gasteiger partial charge in [-0.15, -0.1) is 11.3 Å². The van der Waals surface area contributed by atoms with Crippen LogP contribution in [-0.4, -0.2) is 54.0 Å². The number of thiophene rings is 1. The van der Waals surface area contributed by atoms with Crippen molar-refractivity contribution in [3.63, 3.8) is 0 Å². The quantitative estimate of drug-likeness (QED) is 0.479. The van der Waals surface area contributed by atoms with E-state index in [2.05, 4.69) is 5.32 Å². The van der Waals surface area contributed by atoms with Gasteiger partial charge in [0.1, 0.15) is 11.6 Å². The molecule has 0 radical (unpaired) electrons. The first-order valence-electron chi connectivity index (χ1n) is 10.2. The van der Waals surface area contributed by atoms with Crippen molar-refractivity contribution >= 4 is 40.0 Å². The highest BCUT2D eigenvalue weighted by molar-refractivity contribution is 7.16. The lowest BCUT2D eigenvalue weighted by molar-refractivity contribution is -0.121. The van der Waals surface area contributed by atoms with Gasteiger partial charge in [0.15, 0.2) is 0 Å². The summed E-state index contributed by atoms with van der Waals surface area (Å²) in [7, 11) is 0. The zero-order chi connectivity index (χ0) is 23.6. The second-order valence-corrected chi connectivity index (χ2v) is 9.28. The highest BCUT2D eigenvalue weighted by Gasteiger charge is 2.44. The number of anilines is 1. The van der Waals surface area contributed by atoms with Crippen molar-refractivity contribution in [3.8, 4) is 0 Å². The Morgan fingerprint density at radius 1 is 1.09 bits per heavy atom. The third-order valence-electron chi connectivity index (χ3n) is 5.21. The van der Waals surface area contributed by atoms with Gasteiger partial charge in [0.05, 0.1) is 35.4 Å². The van der Waals surface area contributed by atoms with E-state index in [1.165, 1.54) is 16.2 Å². The molecule has 0 saturated carbocycles. The fourth-order valence-corrected chi connectivity index (χ4v) is 4.59. The van der Waals surface area contributed by atoms with Crippen LogP contribution in [0.3, 0.4) is 0 Å². The number of hydrogen-bond donors (Lipinski definition) is 1. The normalized spacial score (nSPS) is 13.3. The number of amides is 3. The van der Waals surface area contributed by atoms with E-state index in [0.29, 0.717) is 21.7 Å². The molecule has 8 nitrogen and oxygen atoms in total. The number of carbonyl (C=O) groups is 4. The Balaban J connectivity index is 1.62. The molecule has 32 heavy (non-hydrogen) atoms. The number of hydrogen-bond acceptors (Lipinski definition) is 7. The van der Waals surface area contributed by atoms with Crippen LogP contribution in [0.1, 0.15) is 62.3 Å². The van der Waals surface area contributed by atoms with Crippen molar-refractivity contribution in [2.75, 3.05) is 25.1 Å². The summed E-state index contributed by atoms with van der Waals surface area (Å²) in [4.78, 5) is 52.2. The van der Waals surface area contributed by atoms with Crippen LogP contribution < -0.4 is 5.32 Å². The van der Waals surface area contributed by atoms with E-state index in [4.69, 9.17) is 9.47 Å². The predicted octanol–water partition coefficient (Wildman–Crippen LogP) is 3.57. The van der Waals surface area contributed by atoms with Crippen molar-refractivity contribution in [2.45, 2.75) is 40.2 Å². The summed E-state index contributed by atoms with van der Waals surface area (Å²) in [5.74, 6) is -1.70. The Hall–Kier alpha value is -3.04. The highest BCUT2D eigenvalue weighted by Crippen LogP contribution is 2.33. The van der Waals surface area contributed by atoms with Gasteiger partial charge < -0.3 is 14.8 Å². The van der Waals surface area contributed by atoms with Gasteiger partial charge in [-0.3, -0.25) is 19.3 Å². The first kappa shape index (κ1) is 23.6. The van der Waals surface area contributed by atoms with E-state index >= 15 is 0 Å². The molecule has 1 N–H and O–H groups in total. The molecule has 1 aromatic heterocycles.